The molecule has 84 heavy (non-hydrogen) atoms. The molecule has 2 radical (unpaired) electrons. The van der Waals surface area contributed by atoms with Crippen LogP contribution in [0, 0.1) is 51.0 Å². The zero-order chi connectivity index (χ0) is 64.4. The molecular formula is C64H57F5Ir2N4O8S-4. The number of benzene rings is 6. The Morgan fingerprint density at radius 2 is 1.05 bits per heavy atom. The summed E-state index contributed by atoms with van der Waals surface area (Å²) in [6.07, 6.45) is 6.43. The Balaban J connectivity index is 0.000000400. The first kappa shape index (κ1) is 59.4. The van der Waals surface area contributed by atoms with Gasteiger partial charge in [0.15, 0.2) is 0 Å². The van der Waals surface area contributed by atoms with Gasteiger partial charge in [-0.15, -0.1) is 94.3 Å². The number of furan rings is 2. The van der Waals surface area contributed by atoms with Crippen LogP contribution in [0.1, 0.15) is 36.4 Å². The fourth-order valence-corrected chi connectivity index (χ4v) is 7.16. The van der Waals surface area contributed by atoms with E-state index in [9.17, 15) is 30.4 Å². The fraction of sp³-hybridized carbons (Fsp3) is 0.109. The molecule has 0 saturated carbocycles. The van der Waals surface area contributed by atoms with Gasteiger partial charge in [-0.25, -0.2) is 14.0 Å². The summed E-state index contributed by atoms with van der Waals surface area (Å²) in [6, 6.07) is 56.3. The van der Waals surface area contributed by atoms with Gasteiger partial charge in [-0.2, -0.15) is 21.6 Å². The van der Waals surface area contributed by atoms with Crippen molar-refractivity contribution >= 4 is 54.0 Å². The Kier molecular flexibility index (Phi) is 25.0. The van der Waals surface area contributed by atoms with E-state index < -0.39 is 41.0 Å². The van der Waals surface area contributed by atoms with E-state index in [-0.39, 0.29) is 96.0 Å². The van der Waals surface area contributed by atoms with Gasteiger partial charge < -0.3 is 41.4 Å². The monoisotopic (exact) mass is 1530 g/mol. The molecule has 0 aliphatic carbocycles. The van der Waals surface area contributed by atoms with Gasteiger partial charge in [0.2, 0.25) is 0 Å². The van der Waals surface area contributed by atoms with Gasteiger partial charge in [-0.05, 0) is 104 Å². The summed E-state index contributed by atoms with van der Waals surface area (Å²) in [4.78, 5) is 16.9. The molecule has 20 heteroatoms. The van der Waals surface area contributed by atoms with Gasteiger partial charge >= 0.3 is 15.6 Å². The second kappa shape index (κ2) is 35.4. The van der Waals surface area contributed by atoms with Crippen molar-refractivity contribution in [2.75, 3.05) is 13.7 Å². The summed E-state index contributed by atoms with van der Waals surface area (Å²) in [7, 11) is -4.78. The number of aryl methyl sites for hydroxylation is 2. The third-order valence-electron chi connectivity index (χ3n) is 10.4. The molecule has 444 valence electrons. The number of halogens is 5. The molecule has 12 aromatic rings. The van der Waals surface area contributed by atoms with Gasteiger partial charge in [-0.1, -0.05) is 66.4 Å². The van der Waals surface area contributed by atoms with Crippen molar-refractivity contribution in [3.63, 3.8) is 0 Å². The first-order valence-corrected chi connectivity index (χ1v) is 24.8. The van der Waals surface area contributed by atoms with Crippen molar-refractivity contribution in [1.29, 1.82) is 0 Å². The summed E-state index contributed by atoms with van der Waals surface area (Å²) < 4.78 is 154. The number of hydrogen-bond acceptors (Lipinski definition) is 12. The Labute approximate surface area is 522 Å². The molecule has 3 N–H and O–H groups in total. The number of aliphatic hydroxyl groups excluding tert-OH is 2. The first-order chi connectivity index (χ1) is 41.9. The van der Waals surface area contributed by atoms with Crippen molar-refractivity contribution in [2.24, 2.45) is 0 Å². The molecule has 0 aliphatic heterocycles. The number of hydrogen-bond donors (Lipinski definition) is 3. The molecule has 12 nitrogen and oxygen atoms in total. The average molecular weight is 1530 g/mol. The summed E-state index contributed by atoms with van der Waals surface area (Å²) in [5, 5.41) is 24.4. The topological polar surface area (TPSA) is 182 Å². The van der Waals surface area contributed by atoms with Crippen molar-refractivity contribution in [3.8, 4) is 45.0 Å². The first-order valence-electron chi connectivity index (χ1n) is 27.4. The molecule has 0 saturated heterocycles. The predicted octanol–water partition coefficient (Wildman–Crippen LogP) is 16.1. The average Bonchev–Trinajstić information content (AvgIpc) is 1.61. The van der Waals surface area contributed by atoms with Gasteiger partial charge in [0.1, 0.15) is 28.4 Å². The van der Waals surface area contributed by atoms with E-state index >= 15 is 0 Å². The van der Waals surface area contributed by atoms with Crippen LogP contribution in [-0.4, -0.2) is 63.0 Å². The zero-order valence-corrected chi connectivity index (χ0v) is 49.3. The van der Waals surface area contributed by atoms with E-state index in [4.69, 9.17) is 35.3 Å². The molecule has 6 heterocycles. The van der Waals surface area contributed by atoms with Crippen molar-refractivity contribution in [2.45, 2.75) is 33.6 Å². The van der Waals surface area contributed by atoms with Crippen LogP contribution in [0.4, 0.5) is 22.0 Å². The number of pyridine rings is 4. The summed E-state index contributed by atoms with van der Waals surface area (Å²) >= 11 is 0. The minimum atomic E-state index is -5.78. The Hall–Kier alpha value is -7.74. The van der Waals surface area contributed by atoms with Gasteiger partial charge in [0.05, 0.1) is 14.0 Å². The molecule has 0 spiro atoms. The smallest absolute Gasteiger partial charge is 0.500 e. The molecule has 0 aliphatic rings. The number of nitrogens with zero attached hydrogens (tertiary/aromatic N) is 4. The number of alkyl halides is 3. The molecule has 6 aromatic heterocycles. The van der Waals surface area contributed by atoms with E-state index in [0.717, 1.165) is 35.0 Å². The Morgan fingerprint density at radius 1 is 0.583 bits per heavy atom. The van der Waals surface area contributed by atoms with Crippen molar-refractivity contribution in [1.82, 2.24) is 19.9 Å². The SMILES string of the molecule is C.CCO.CO.O=S(=O)(OO)C(F)(F)F.[2H]c1c(F)ccc2c1oc1c(-c3cc(C([2H])([2H])[2H])ccn3)[c-]ccc12.[2H]c1c(F)ccc2c1oc1c(-c3cc(C([2H])([2H])[2H])ccn3)cccc12.[CH3-].[Ir].[Ir].[c-]1ccccc1-c1ccccn1.[c-]1ccccc1-c1ccccn1. The van der Waals surface area contributed by atoms with Gasteiger partial charge in [0, 0.05) is 121 Å². The third kappa shape index (κ3) is 19.7. The minimum Gasteiger partial charge on any atom is -0.500 e. The zero-order valence-electron chi connectivity index (χ0n) is 51.7. The van der Waals surface area contributed by atoms with Crippen LogP contribution in [0.5, 0.6) is 0 Å². The van der Waals surface area contributed by atoms with E-state index in [2.05, 4.69) is 42.5 Å². The number of rotatable bonds is 5. The number of para-hydroxylation sites is 1. The summed E-state index contributed by atoms with van der Waals surface area (Å²) in [6.45, 7) is -2.56. The molecule has 0 atom stereocenters. The van der Waals surface area contributed by atoms with Gasteiger partial charge in [0.25, 0.3) is 0 Å². The fourth-order valence-electron chi connectivity index (χ4n) is 7.08. The van der Waals surface area contributed by atoms with E-state index in [1.165, 1.54) is 48.8 Å². The van der Waals surface area contributed by atoms with Crippen LogP contribution in [0.2, 0.25) is 0 Å². The van der Waals surface area contributed by atoms with Gasteiger partial charge in [-0.3, -0.25) is 4.98 Å². The summed E-state index contributed by atoms with van der Waals surface area (Å²) in [5.41, 5.74) is 1.86. The quantitative estimate of drug-likeness (QED) is 0.0488. The second-order valence-electron chi connectivity index (χ2n) is 15.7. The largest absolute Gasteiger partial charge is 0.525 e. The molecule has 0 unspecified atom stereocenters. The molecule has 0 amide bonds. The number of fused-ring (bicyclic) bond motifs is 6. The van der Waals surface area contributed by atoms with E-state index in [0.29, 0.717) is 49.8 Å². The van der Waals surface area contributed by atoms with Crippen LogP contribution >= 0.6 is 0 Å². The van der Waals surface area contributed by atoms with Crippen LogP contribution in [0.25, 0.3) is 88.9 Å². The van der Waals surface area contributed by atoms with E-state index in [1.807, 2.05) is 91.0 Å². The maximum Gasteiger partial charge on any atom is 0.525 e. The van der Waals surface area contributed by atoms with Crippen LogP contribution < -0.4 is 0 Å². The number of aliphatic hydroxyl groups is 2. The molecule has 6 aromatic carbocycles. The van der Waals surface area contributed by atoms with Crippen LogP contribution in [-0.2, 0) is 54.7 Å². The number of aromatic nitrogens is 4. The molecule has 0 fully saturated rings. The van der Waals surface area contributed by atoms with Crippen LogP contribution in [0.3, 0.4) is 0 Å². The second-order valence-corrected chi connectivity index (χ2v) is 17.2. The normalized spacial score (nSPS) is 11.9. The minimum absolute atomic E-state index is 0. The molecule has 0 bridgehead atoms. The maximum atomic E-state index is 13.7. The maximum absolute atomic E-state index is 13.7. The summed E-state index contributed by atoms with van der Waals surface area (Å²) in [5.74, 6) is -1.32. The van der Waals surface area contributed by atoms with E-state index in [1.54, 1.807) is 55.7 Å². The predicted molar refractivity (Wildman–Crippen MR) is 312 cm³/mol. The third-order valence-corrected chi connectivity index (χ3v) is 11.2. The molecule has 12 rings (SSSR count). The van der Waals surface area contributed by atoms with Crippen molar-refractivity contribution in [3.05, 3.63) is 249 Å². The Morgan fingerprint density at radius 3 is 1.49 bits per heavy atom. The Bertz CT molecular complexity index is 4010. The molecular weight excluding hydrogens is 1460 g/mol. The standard InChI is InChI=1S/C18H12FNO.C18H11FNO.2C11H8N.C2H6O.CHF3O4S.CH4O.CH4.CH3.2Ir/c2*1-11-7-8-20-16(9-11)15-4-2-3-14-13-6-5-12(19)10-17(13)21-18(14)15;2*1-2-6-10(7-3-1)11-8-4-5-9-12-11;1-2-3;2-1(3,4)9(6,7)8-5;1-2;;;;/h2-10H,1H3;2-3,5-10H,1H3;2*1-6,8-9H;3H,2H2,1H3;5H;2H,1H3;1H4;1H3;;/q;3*-1;;;;;-1;;/i2*1D3,10D;;;;;;;;;. The van der Waals surface area contributed by atoms with Crippen LogP contribution in [0.15, 0.2) is 209 Å². The van der Waals surface area contributed by atoms with Crippen molar-refractivity contribution < 1.29 is 110 Å².